The maximum absolute atomic E-state index is 5.32. The highest BCUT2D eigenvalue weighted by Gasteiger charge is 2.24. The van der Waals surface area contributed by atoms with Crippen molar-refractivity contribution in [2.75, 3.05) is 7.11 Å². The zero-order valence-electron chi connectivity index (χ0n) is 14.2. The first-order valence-electron chi connectivity index (χ1n) is 8.30. The monoisotopic (exact) mass is 392 g/mol. The molecule has 3 rings (SSSR count). The van der Waals surface area contributed by atoms with Gasteiger partial charge in [-0.15, -0.1) is 6.58 Å². The molecule has 0 amide bonds. The molecule has 3 aromatic carbocycles. The maximum atomic E-state index is 5.32. The minimum absolute atomic E-state index is 0.184. The summed E-state index contributed by atoms with van der Waals surface area (Å²) in [5.41, 5.74) is 3.76. The van der Waals surface area contributed by atoms with Crippen molar-refractivity contribution >= 4 is 15.9 Å². The van der Waals surface area contributed by atoms with E-state index in [1.807, 2.05) is 24.3 Å². The summed E-state index contributed by atoms with van der Waals surface area (Å²) in [6, 6.07) is 27.4. The molecule has 0 N–H and O–H groups in total. The van der Waals surface area contributed by atoms with Gasteiger partial charge in [0.25, 0.3) is 0 Å². The van der Waals surface area contributed by atoms with Gasteiger partial charge in [0.15, 0.2) is 0 Å². The molecule has 0 saturated carbocycles. The summed E-state index contributed by atoms with van der Waals surface area (Å²) in [7, 11) is 1.69. The number of rotatable bonds is 6. The molecule has 0 bridgehead atoms. The van der Waals surface area contributed by atoms with E-state index in [-0.39, 0.29) is 11.8 Å². The Morgan fingerprint density at radius 1 is 0.840 bits per heavy atom. The van der Waals surface area contributed by atoms with Crippen LogP contribution in [-0.4, -0.2) is 7.11 Å². The topological polar surface area (TPSA) is 9.23 Å². The molecule has 0 aliphatic heterocycles. The number of allylic oxidation sites excluding steroid dienone is 1. The van der Waals surface area contributed by atoms with E-state index in [1.165, 1.54) is 16.7 Å². The van der Waals surface area contributed by atoms with Crippen LogP contribution in [0.3, 0.4) is 0 Å². The number of methoxy groups -OCH3 is 1. The first-order chi connectivity index (χ1) is 12.2. The third kappa shape index (κ3) is 4.02. The van der Waals surface area contributed by atoms with Gasteiger partial charge in [0.1, 0.15) is 5.75 Å². The molecule has 126 valence electrons. The lowest BCUT2D eigenvalue weighted by Gasteiger charge is -2.26. The van der Waals surface area contributed by atoms with E-state index >= 15 is 0 Å². The number of hydrogen-bond acceptors (Lipinski definition) is 1. The second kappa shape index (κ2) is 8.17. The Morgan fingerprint density at radius 3 is 2.12 bits per heavy atom. The molecule has 0 aromatic heterocycles. The third-order valence-electron chi connectivity index (χ3n) is 4.48. The van der Waals surface area contributed by atoms with E-state index in [1.54, 1.807) is 7.11 Å². The molecule has 3 aromatic rings. The van der Waals surface area contributed by atoms with Crippen molar-refractivity contribution in [1.29, 1.82) is 0 Å². The van der Waals surface area contributed by atoms with E-state index in [0.29, 0.717) is 0 Å². The zero-order valence-corrected chi connectivity index (χ0v) is 15.8. The fourth-order valence-corrected chi connectivity index (χ4v) is 3.68. The highest BCUT2D eigenvalue weighted by atomic mass is 79.9. The van der Waals surface area contributed by atoms with Gasteiger partial charge in [-0.2, -0.15) is 0 Å². The minimum atomic E-state index is 0.184. The molecule has 0 spiro atoms. The van der Waals surface area contributed by atoms with E-state index in [9.17, 15) is 0 Å². The smallest absolute Gasteiger partial charge is 0.118 e. The van der Waals surface area contributed by atoms with Gasteiger partial charge in [-0.05, 0) is 41.0 Å². The molecular formula is C23H21BrO. The van der Waals surface area contributed by atoms with E-state index < -0.39 is 0 Å². The molecule has 1 nitrogen and oxygen atoms in total. The standard InChI is InChI=1S/C23H21BrO/c1-3-22(17-8-5-4-6-9-17)23(19-10-7-11-20(24)16-19)18-12-14-21(25-2)15-13-18/h3-16,22-23H,1H2,2H3. The normalized spacial score (nSPS) is 13.0. The molecule has 0 aliphatic carbocycles. The number of halogens is 1. The van der Waals surface area contributed by atoms with Crippen LogP contribution < -0.4 is 4.74 Å². The van der Waals surface area contributed by atoms with Crippen LogP contribution in [-0.2, 0) is 0 Å². The molecule has 0 fully saturated rings. The molecule has 0 heterocycles. The summed E-state index contributed by atoms with van der Waals surface area (Å²) >= 11 is 3.61. The predicted octanol–water partition coefficient (Wildman–Crippen LogP) is 6.56. The Hall–Kier alpha value is -2.32. The van der Waals surface area contributed by atoms with E-state index in [2.05, 4.69) is 83.2 Å². The predicted molar refractivity (Wildman–Crippen MR) is 108 cm³/mol. The average molecular weight is 393 g/mol. The summed E-state index contributed by atoms with van der Waals surface area (Å²) in [4.78, 5) is 0. The summed E-state index contributed by atoms with van der Waals surface area (Å²) in [5.74, 6) is 1.24. The fraction of sp³-hybridized carbons (Fsp3) is 0.130. The third-order valence-corrected chi connectivity index (χ3v) is 4.97. The first-order valence-corrected chi connectivity index (χ1v) is 9.09. The van der Waals surface area contributed by atoms with Gasteiger partial charge in [0.05, 0.1) is 7.11 Å². The van der Waals surface area contributed by atoms with Gasteiger partial charge in [0.2, 0.25) is 0 Å². The highest BCUT2D eigenvalue weighted by molar-refractivity contribution is 9.10. The molecule has 2 heteroatoms. The Kier molecular flexibility index (Phi) is 5.72. The Bertz CT molecular complexity index is 824. The van der Waals surface area contributed by atoms with Crippen molar-refractivity contribution in [2.45, 2.75) is 11.8 Å². The minimum Gasteiger partial charge on any atom is -0.497 e. The second-order valence-electron chi connectivity index (χ2n) is 5.98. The molecule has 0 radical (unpaired) electrons. The molecule has 2 atom stereocenters. The van der Waals surface area contributed by atoms with Crippen LogP contribution in [0.25, 0.3) is 0 Å². The summed E-state index contributed by atoms with van der Waals surface area (Å²) < 4.78 is 6.40. The Morgan fingerprint density at radius 2 is 1.52 bits per heavy atom. The lowest BCUT2D eigenvalue weighted by atomic mass is 9.77. The molecule has 25 heavy (non-hydrogen) atoms. The lowest BCUT2D eigenvalue weighted by Crippen LogP contribution is -2.11. The SMILES string of the molecule is C=CC(c1ccccc1)C(c1ccc(OC)cc1)c1cccc(Br)c1. The van der Waals surface area contributed by atoms with Gasteiger partial charge in [-0.1, -0.05) is 76.6 Å². The van der Waals surface area contributed by atoms with E-state index in [0.717, 1.165) is 10.2 Å². The van der Waals surface area contributed by atoms with Crippen LogP contribution in [0.15, 0.2) is 96.0 Å². The summed E-state index contributed by atoms with van der Waals surface area (Å²) in [6.45, 7) is 4.13. The quantitative estimate of drug-likeness (QED) is 0.431. The highest BCUT2D eigenvalue weighted by Crippen LogP contribution is 2.40. The van der Waals surface area contributed by atoms with Gasteiger partial charge in [-0.3, -0.25) is 0 Å². The van der Waals surface area contributed by atoms with Crippen LogP contribution in [0.1, 0.15) is 28.5 Å². The van der Waals surface area contributed by atoms with Crippen LogP contribution >= 0.6 is 15.9 Å². The number of hydrogen-bond donors (Lipinski definition) is 0. The largest absolute Gasteiger partial charge is 0.497 e. The van der Waals surface area contributed by atoms with Gasteiger partial charge < -0.3 is 4.74 Å². The lowest BCUT2D eigenvalue weighted by molar-refractivity contribution is 0.414. The van der Waals surface area contributed by atoms with Crippen LogP contribution in [0, 0.1) is 0 Å². The van der Waals surface area contributed by atoms with Crippen LogP contribution in [0.5, 0.6) is 5.75 Å². The van der Waals surface area contributed by atoms with E-state index in [4.69, 9.17) is 4.74 Å². The zero-order chi connectivity index (χ0) is 17.6. The van der Waals surface area contributed by atoms with Crippen molar-refractivity contribution in [3.8, 4) is 5.75 Å². The Labute approximate surface area is 158 Å². The fourth-order valence-electron chi connectivity index (χ4n) is 3.26. The van der Waals surface area contributed by atoms with Crippen molar-refractivity contribution in [3.63, 3.8) is 0 Å². The maximum Gasteiger partial charge on any atom is 0.118 e. The first kappa shape index (κ1) is 17.5. The molecule has 2 unspecified atom stereocenters. The number of benzene rings is 3. The van der Waals surface area contributed by atoms with Crippen molar-refractivity contribution in [2.24, 2.45) is 0 Å². The summed E-state index contributed by atoms with van der Waals surface area (Å²) in [6.07, 6.45) is 2.05. The Balaban J connectivity index is 2.11. The molecular weight excluding hydrogens is 372 g/mol. The molecule has 0 saturated heterocycles. The average Bonchev–Trinajstić information content (AvgIpc) is 2.67. The van der Waals surface area contributed by atoms with Crippen molar-refractivity contribution < 1.29 is 4.74 Å². The van der Waals surface area contributed by atoms with Crippen LogP contribution in [0.2, 0.25) is 0 Å². The number of ether oxygens (including phenoxy) is 1. The van der Waals surface area contributed by atoms with Gasteiger partial charge >= 0.3 is 0 Å². The molecule has 0 aliphatic rings. The van der Waals surface area contributed by atoms with Gasteiger partial charge in [0, 0.05) is 16.3 Å². The van der Waals surface area contributed by atoms with Crippen molar-refractivity contribution in [1.82, 2.24) is 0 Å². The second-order valence-corrected chi connectivity index (χ2v) is 6.89. The van der Waals surface area contributed by atoms with Gasteiger partial charge in [-0.25, -0.2) is 0 Å². The summed E-state index contributed by atoms with van der Waals surface area (Å²) in [5, 5.41) is 0. The van der Waals surface area contributed by atoms with Crippen LogP contribution in [0.4, 0.5) is 0 Å². The van der Waals surface area contributed by atoms with Crippen molar-refractivity contribution in [3.05, 3.63) is 113 Å².